The number of hydrogen-bond donors (Lipinski definition) is 1. The molecule has 112 valence electrons. The molecule has 0 radical (unpaired) electrons. The molecular formula is C15H12BrF3O2. The van der Waals surface area contributed by atoms with E-state index in [2.05, 4.69) is 15.9 Å². The van der Waals surface area contributed by atoms with Gasteiger partial charge < -0.3 is 9.84 Å². The molecule has 0 fully saturated rings. The van der Waals surface area contributed by atoms with Gasteiger partial charge in [0.15, 0.2) is 0 Å². The number of hydrogen-bond acceptors (Lipinski definition) is 2. The summed E-state index contributed by atoms with van der Waals surface area (Å²) in [5.41, 5.74) is 0.473. The Morgan fingerprint density at radius 2 is 1.86 bits per heavy atom. The molecule has 6 heteroatoms. The predicted octanol–water partition coefficient (Wildman–Crippen LogP) is 4.15. The van der Waals surface area contributed by atoms with Gasteiger partial charge in [-0.05, 0) is 33.6 Å². The molecule has 2 nitrogen and oxygen atoms in total. The zero-order chi connectivity index (χ0) is 15.6. The van der Waals surface area contributed by atoms with Crippen molar-refractivity contribution in [1.29, 1.82) is 0 Å². The number of ether oxygens (including phenoxy) is 1. The van der Waals surface area contributed by atoms with Crippen molar-refractivity contribution >= 4 is 15.9 Å². The Bertz CT molecular complexity index is 662. The third kappa shape index (κ3) is 3.57. The van der Waals surface area contributed by atoms with E-state index < -0.39 is 23.6 Å². The first kappa shape index (κ1) is 15.9. The molecule has 0 aliphatic heterocycles. The topological polar surface area (TPSA) is 29.5 Å². The fourth-order valence-corrected chi connectivity index (χ4v) is 2.35. The van der Waals surface area contributed by atoms with Crippen LogP contribution in [0.4, 0.5) is 13.2 Å². The molecule has 21 heavy (non-hydrogen) atoms. The van der Waals surface area contributed by atoms with Crippen LogP contribution in [0.25, 0.3) is 0 Å². The maximum atomic E-state index is 13.6. The smallest absolute Gasteiger partial charge is 0.141 e. The molecule has 2 aromatic rings. The van der Waals surface area contributed by atoms with E-state index in [0.717, 1.165) is 18.2 Å². The highest BCUT2D eigenvalue weighted by Gasteiger charge is 2.18. The second-order valence-corrected chi connectivity index (χ2v) is 5.32. The first-order valence-corrected chi connectivity index (χ1v) is 6.86. The van der Waals surface area contributed by atoms with Gasteiger partial charge in [0, 0.05) is 24.1 Å². The van der Waals surface area contributed by atoms with Crippen molar-refractivity contribution in [1.82, 2.24) is 0 Å². The second-order valence-electron chi connectivity index (χ2n) is 4.46. The van der Waals surface area contributed by atoms with Crippen LogP contribution in [-0.4, -0.2) is 12.2 Å². The van der Waals surface area contributed by atoms with Crippen LogP contribution < -0.4 is 4.74 Å². The molecular weight excluding hydrogens is 349 g/mol. The van der Waals surface area contributed by atoms with Crippen molar-refractivity contribution < 1.29 is 23.0 Å². The highest BCUT2D eigenvalue weighted by atomic mass is 79.9. The van der Waals surface area contributed by atoms with E-state index in [1.165, 1.54) is 19.2 Å². The number of benzene rings is 2. The maximum absolute atomic E-state index is 13.6. The minimum Gasteiger partial charge on any atom is -0.496 e. The molecule has 0 saturated heterocycles. The van der Waals surface area contributed by atoms with E-state index in [1.807, 2.05) is 0 Å². The number of aliphatic hydroxyl groups excluding tert-OH is 1. The van der Waals surface area contributed by atoms with E-state index in [-0.39, 0.29) is 22.2 Å². The lowest BCUT2D eigenvalue weighted by molar-refractivity contribution is 0.172. The average molecular weight is 361 g/mol. The number of halogens is 4. The number of methoxy groups -OCH3 is 1. The van der Waals surface area contributed by atoms with Crippen molar-refractivity contribution in [3.05, 3.63) is 63.4 Å². The van der Waals surface area contributed by atoms with E-state index in [9.17, 15) is 18.3 Å². The highest BCUT2D eigenvalue weighted by Crippen LogP contribution is 2.32. The molecule has 1 N–H and O–H groups in total. The molecule has 0 aliphatic rings. The van der Waals surface area contributed by atoms with Crippen molar-refractivity contribution in [2.45, 2.75) is 12.5 Å². The number of aliphatic hydroxyl groups is 1. The van der Waals surface area contributed by atoms with Gasteiger partial charge in [0.05, 0.1) is 17.7 Å². The van der Waals surface area contributed by atoms with Crippen LogP contribution in [0.5, 0.6) is 5.75 Å². The second kappa shape index (κ2) is 6.49. The predicted molar refractivity (Wildman–Crippen MR) is 75.7 cm³/mol. The van der Waals surface area contributed by atoms with Crippen molar-refractivity contribution in [3.8, 4) is 5.75 Å². The van der Waals surface area contributed by atoms with Crippen molar-refractivity contribution in [2.75, 3.05) is 7.11 Å². The van der Waals surface area contributed by atoms with Crippen LogP contribution in [0, 0.1) is 17.5 Å². The summed E-state index contributed by atoms with van der Waals surface area (Å²) in [4.78, 5) is 0. The molecule has 0 bridgehead atoms. The zero-order valence-electron chi connectivity index (χ0n) is 11.0. The molecule has 1 unspecified atom stereocenters. The Kier molecular flexibility index (Phi) is 4.90. The van der Waals surface area contributed by atoms with Gasteiger partial charge in [0.25, 0.3) is 0 Å². The monoisotopic (exact) mass is 360 g/mol. The number of rotatable bonds is 4. The molecule has 1 atom stereocenters. The first-order valence-electron chi connectivity index (χ1n) is 6.07. The SMILES string of the molecule is COc1cc(F)c(Br)cc1C(O)Cc1ccc(F)cc1F. The van der Waals surface area contributed by atoms with Gasteiger partial charge in [-0.25, -0.2) is 13.2 Å². The Morgan fingerprint density at radius 1 is 1.14 bits per heavy atom. The summed E-state index contributed by atoms with van der Waals surface area (Å²) in [6.07, 6.45) is -1.20. The lowest BCUT2D eigenvalue weighted by Crippen LogP contribution is -2.06. The van der Waals surface area contributed by atoms with Crippen LogP contribution in [-0.2, 0) is 6.42 Å². The maximum Gasteiger partial charge on any atom is 0.141 e. The van der Waals surface area contributed by atoms with Crippen LogP contribution in [0.1, 0.15) is 17.2 Å². The average Bonchev–Trinajstić information content (AvgIpc) is 2.44. The lowest BCUT2D eigenvalue weighted by atomic mass is 10.00. The van der Waals surface area contributed by atoms with Gasteiger partial charge in [-0.15, -0.1) is 0 Å². The molecule has 0 aliphatic carbocycles. The van der Waals surface area contributed by atoms with E-state index in [1.54, 1.807) is 0 Å². The van der Waals surface area contributed by atoms with Crippen molar-refractivity contribution in [3.63, 3.8) is 0 Å². The lowest BCUT2D eigenvalue weighted by Gasteiger charge is -2.16. The first-order chi connectivity index (χ1) is 9.92. The van der Waals surface area contributed by atoms with Crippen LogP contribution in [0.3, 0.4) is 0 Å². The Hall–Kier alpha value is -1.53. The highest BCUT2D eigenvalue weighted by molar-refractivity contribution is 9.10. The van der Waals surface area contributed by atoms with Gasteiger partial charge in [-0.3, -0.25) is 0 Å². The summed E-state index contributed by atoms with van der Waals surface area (Å²) in [6, 6.07) is 5.63. The molecule has 0 spiro atoms. The molecule has 0 heterocycles. The summed E-state index contributed by atoms with van der Waals surface area (Å²) in [5.74, 6) is -1.80. The minimum atomic E-state index is -1.11. The largest absolute Gasteiger partial charge is 0.496 e. The summed E-state index contributed by atoms with van der Waals surface area (Å²) in [7, 11) is 1.34. The van der Waals surface area contributed by atoms with Gasteiger partial charge >= 0.3 is 0 Å². The summed E-state index contributed by atoms with van der Waals surface area (Å²) >= 11 is 3.02. The van der Waals surface area contributed by atoms with Crippen LogP contribution in [0.15, 0.2) is 34.8 Å². The third-order valence-electron chi connectivity index (χ3n) is 3.06. The van der Waals surface area contributed by atoms with Gasteiger partial charge in [-0.1, -0.05) is 6.07 Å². The summed E-state index contributed by atoms with van der Waals surface area (Å²) in [6.45, 7) is 0. The Balaban J connectivity index is 2.31. The quantitative estimate of drug-likeness (QED) is 0.887. The van der Waals surface area contributed by atoms with Gasteiger partial charge in [-0.2, -0.15) is 0 Å². The third-order valence-corrected chi connectivity index (χ3v) is 3.67. The normalized spacial score (nSPS) is 12.3. The molecule has 2 rings (SSSR count). The molecule has 0 aromatic heterocycles. The van der Waals surface area contributed by atoms with Gasteiger partial charge in [0.2, 0.25) is 0 Å². The summed E-state index contributed by atoms with van der Waals surface area (Å²) in [5, 5.41) is 10.2. The van der Waals surface area contributed by atoms with Crippen LogP contribution in [0.2, 0.25) is 0 Å². The standard InChI is InChI=1S/C15H12BrF3O2/c1-21-15-7-13(19)11(16)6-10(15)14(20)4-8-2-3-9(17)5-12(8)18/h2-3,5-7,14,20H,4H2,1H3. The Labute approximate surface area is 128 Å². The van der Waals surface area contributed by atoms with Crippen molar-refractivity contribution in [2.24, 2.45) is 0 Å². The molecule has 0 amide bonds. The Morgan fingerprint density at radius 3 is 2.48 bits per heavy atom. The van der Waals surface area contributed by atoms with Crippen LogP contribution >= 0.6 is 15.9 Å². The zero-order valence-corrected chi connectivity index (χ0v) is 12.6. The summed E-state index contributed by atoms with van der Waals surface area (Å²) < 4.78 is 45.1. The van der Waals surface area contributed by atoms with E-state index in [4.69, 9.17) is 4.74 Å². The van der Waals surface area contributed by atoms with Gasteiger partial charge in [0.1, 0.15) is 23.2 Å². The molecule has 2 aromatic carbocycles. The van der Waals surface area contributed by atoms with E-state index in [0.29, 0.717) is 5.56 Å². The fraction of sp³-hybridized carbons (Fsp3) is 0.200. The minimum absolute atomic E-state index is 0.0828. The fourth-order valence-electron chi connectivity index (χ4n) is 1.99. The van der Waals surface area contributed by atoms with E-state index >= 15 is 0 Å². The molecule has 0 saturated carbocycles.